The Labute approximate surface area is 90.3 Å². The molecule has 2 unspecified atom stereocenters. The van der Waals surface area contributed by atoms with E-state index < -0.39 is 11.9 Å². The highest BCUT2D eigenvalue weighted by molar-refractivity contribution is 5.89. The van der Waals surface area contributed by atoms with Crippen LogP contribution < -0.4 is 0 Å². The molecule has 0 heterocycles. The molecule has 15 heavy (non-hydrogen) atoms. The van der Waals surface area contributed by atoms with Gasteiger partial charge < -0.3 is 10.0 Å². The van der Waals surface area contributed by atoms with Gasteiger partial charge in [-0.1, -0.05) is 20.8 Å². The summed E-state index contributed by atoms with van der Waals surface area (Å²) in [5.74, 6) is -1.61. The SMILES string of the molecule is CN(CC(C)(C)C)C(=O)C1CC1C(=O)O. The first-order chi connectivity index (χ1) is 6.72. The molecule has 4 nitrogen and oxygen atoms in total. The normalized spacial score (nSPS) is 24.8. The Morgan fingerprint density at radius 1 is 1.33 bits per heavy atom. The molecule has 1 N–H and O–H groups in total. The summed E-state index contributed by atoms with van der Waals surface area (Å²) >= 11 is 0. The predicted molar refractivity (Wildman–Crippen MR) is 56.3 cm³/mol. The van der Waals surface area contributed by atoms with Crippen LogP contribution in [0.25, 0.3) is 0 Å². The van der Waals surface area contributed by atoms with Gasteiger partial charge in [-0.2, -0.15) is 0 Å². The van der Waals surface area contributed by atoms with Crippen LogP contribution in [0.1, 0.15) is 27.2 Å². The number of carbonyl (C=O) groups excluding carboxylic acids is 1. The summed E-state index contributed by atoms with van der Waals surface area (Å²) in [4.78, 5) is 24.0. The lowest BCUT2D eigenvalue weighted by molar-refractivity contribution is -0.141. The number of carbonyl (C=O) groups is 2. The molecule has 0 aromatic carbocycles. The van der Waals surface area contributed by atoms with E-state index in [1.54, 1.807) is 11.9 Å². The van der Waals surface area contributed by atoms with E-state index >= 15 is 0 Å². The van der Waals surface area contributed by atoms with Crippen molar-refractivity contribution in [3.8, 4) is 0 Å². The van der Waals surface area contributed by atoms with Crippen molar-refractivity contribution in [1.29, 1.82) is 0 Å². The molecule has 1 fully saturated rings. The first-order valence-corrected chi connectivity index (χ1v) is 5.20. The fourth-order valence-corrected chi connectivity index (χ4v) is 1.81. The number of carboxylic acids is 1. The van der Waals surface area contributed by atoms with E-state index in [2.05, 4.69) is 20.8 Å². The number of amides is 1. The lowest BCUT2D eigenvalue weighted by Gasteiger charge is -2.26. The van der Waals surface area contributed by atoms with E-state index in [0.717, 1.165) is 0 Å². The second kappa shape index (κ2) is 3.83. The fraction of sp³-hybridized carbons (Fsp3) is 0.818. The highest BCUT2D eigenvalue weighted by Gasteiger charge is 2.49. The highest BCUT2D eigenvalue weighted by Crippen LogP contribution is 2.40. The van der Waals surface area contributed by atoms with Gasteiger partial charge in [0.15, 0.2) is 0 Å². The minimum atomic E-state index is -0.850. The van der Waals surface area contributed by atoms with E-state index in [9.17, 15) is 9.59 Å². The molecule has 4 heteroatoms. The lowest BCUT2D eigenvalue weighted by atomic mass is 9.96. The van der Waals surface area contributed by atoms with Crippen LogP contribution in [0, 0.1) is 17.3 Å². The quantitative estimate of drug-likeness (QED) is 0.766. The van der Waals surface area contributed by atoms with Crippen molar-refractivity contribution in [2.24, 2.45) is 17.3 Å². The second-order valence-electron chi connectivity index (χ2n) is 5.54. The van der Waals surface area contributed by atoms with Gasteiger partial charge in [0.05, 0.1) is 11.8 Å². The van der Waals surface area contributed by atoms with E-state index in [-0.39, 0.29) is 17.2 Å². The smallest absolute Gasteiger partial charge is 0.307 e. The molecule has 86 valence electrons. The zero-order valence-electron chi connectivity index (χ0n) is 9.78. The van der Waals surface area contributed by atoms with Crippen LogP contribution in [0.5, 0.6) is 0 Å². The first kappa shape index (κ1) is 12.0. The minimum Gasteiger partial charge on any atom is -0.481 e. The third kappa shape index (κ3) is 3.22. The van der Waals surface area contributed by atoms with E-state index in [4.69, 9.17) is 5.11 Å². The van der Waals surface area contributed by atoms with Crippen molar-refractivity contribution in [2.45, 2.75) is 27.2 Å². The van der Waals surface area contributed by atoms with Gasteiger partial charge in [-0.05, 0) is 11.8 Å². The largest absolute Gasteiger partial charge is 0.481 e. The Hall–Kier alpha value is -1.06. The second-order valence-corrected chi connectivity index (χ2v) is 5.54. The predicted octanol–water partition coefficient (Wildman–Crippen LogP) is 1.21. The molecule has 1 aliphatic carbocycles. The van der Waals surface area contributed by atoms with E-state index in [0.29, 0.717) is 13.0 Å². The van der Waals surface area contributed by atoms with Gasteiger partial charge in [0.25, 0.3) is 0 Å². The first-order valence-electron chi connectivity index (χ1n) is 5.20. The average molecular weight is 213 g/mol. The molecule has 1 saturated carbocycles. The Morgan fingerprint density at radius 2 is 1.87 bits per heavy atom. The van der Waals surface area contributed by atoms with Gasteiger partial charge in [-0.25, -0.2) is 0 Å². The van der Waals surface area contributed by atoms with E-state index in [1.165, 1.54) is 0 Å². The van der Waals surface area contributed by atoms with Gasteiger partial charge in [-0.15, -0.1) is 0 Å². The third-order valence-corrected chi connectivity index (χ3v) is 2.51. The van der Waals surface area contributed by atoms with Gasteiger partial charge in [0.1, 0.15) is 0 Å². The van der Waals surface area contributed by atoms with Crippen molar-refractivity contribution in [1.82, 2.24) is 4.90 Å². The van der Waals surface area contributed by atoms with E-state index in [1.807, 2.05) is 0 Å². The van der Waals surface area contributed by atoms with Gasteiger partial charge in [-0.3, -0.25) is 9.59 Å². The Kier molecular flexibility index (Phi) is 3.07. The standard InChI is InChI=1S/C11H19NO3/c1-11(2,3)6-12(4)9(13)7-5-8(7)10(14)15/h7-8H,5-6H2,1-4H3,(H,14,15). The molecule has 0 saturated heterocycles. The molecule has 0 aromatic rings. The number of rotatable bonds is 3. The molecule has 0 bridgehead atoms. The summed E-state index contributed by atoms with van der Waals surface area (Å²) < 4.78 is 0. The van der Waals surface area contributed by atoms with Crippen molar-refractivity contribution in [2.75, 3.05) is 13.6 Å². The van der Waals surface area contributed by atoms with Crippen LogP contribution in [0.2, 0.25) is 0 Å². The lowest BCUT2D eigenvalue weighted by Crippen LogP contribution is -2.36. The minimum absolute atomic E-state index is 0.0303. The molecule has 1 rings (SSSR count). The van der Waals surface area contributed by atoms with Gasteiger partial charge in [0, 0.05) is 13.6 Å². The van der Waals surface area contributed by atoms with Crippen molar-refractivity contribution in [3.63, 3.8) is 0 Å². The van der Waals surface area contributed by atoms with Crippen LogP contribution in [0.4, 0.5) is 0 Å². The summed E-state index contributed by atoms with van der Waals surface area (Å²) in [6.07, 6.45) is 0.503. The van der Waals surface area contributed by atoms with Gasteiger partial charge >= 0.3 is 5.97 Å². The Bertz CT molecular complexity index is 280. The summed E-state index contributed by atoms with van der Waals surface area (Å²) in [6.45, 7) is 6.82. The highest BCUT2D eigenvalue weighted by atomic mass is 16.4. The summed E-state index contributed by atoms with van der Waals surface area (Å²) in [5, 5.41) is 8.72. The molecule has 0 spiro atoms. The van der Waals surface area contributed by atoms with Crippen LogP contribution in [-0.4, -0.2) is 35.5 Å². The maximum absolute atomic E-state index is 11.8. The Balaban J connectivity index is 2.46. The van der Waals surface area contributed by atoms with Crippen LogP contribution in [-0.2, 0) is 9.59 Å². The number of hydrogen-bond acceptors (Lipinski definition) is 2. The van der Waals surface area contributed by atoms with Crippen LogP contribution in [0.3, 0.4) is 0 Å². The molecular weight excluding hydrogens is 194 g/mol. The third-order valence-electron chi connectivity index (χ3n) is 2.51. The maximum atomic E-state index is 11.8. The number of nitrogens with zero attached hydrogens (tertiary/aromatic N) is 1. The topological polar surface area (TPSA) is 57.6 Å². The molecule has 0 aromatic heterocycles. The summed E-state index contributed by atoms with van der Waals surface area (Å²) in [5.41, 5.74) is 0.0536. The Morgan fingerprint density at radius 3 is 2.20 bits per heavy atom. The molecule has 1 aliphatic rings. The molecule has 2 atom stereocenters. The van der Waals surface area contributed by atoms with Gasteiger partial charge in [0.2, 0.25) is 5.91 Å². The zero-order chi connectivity index (χ0) is 11.8. The zero-order valence-corrected chi connectivity index (χ0v) is 9.78. The average Bonchev–Trinajstić information content (AvgIpc) is 2.77. The molecule has 0 aliphatic heterocycles. The fourth-order valence-electron chi connectivity index (χ4n) is 1.81. The van der Waals surface area contributed by atoms with Crippen molar-refractivity contribution in [3.05, 3.63) is 0 Å². The van der Waals surface area contributed by atoms with Crippen molar-refractivity contribution >= 4 is 11.9 Å². The molecule has 0 radical (unpaired) electrons. The number of carboxylic acid groups (broad SMARTS) is 1. The number of aliphatic carboxylic acids is 1. The van der Waals surface area contributed by atoms with Crippen LogP contribution in [0.15, 0.2) is 0 Å². The monoisotopic (exact) mass is 213 g/mol. The van der Waals surface area contributed by atoms with Crippen molar-refractivity contribution < 1.29 is 14.7 Å². The van der Waals surface area contributed by atoms with Crippen LogP contribution >= 0.6 is 0 Å². The maximum Gasteiger partial charge on any atom is 0.307 e. The summed E-state index contributed by atoms with van der Waals surface area (Å²) in [6, 6.07) is 0. The number of hydrogen-bond donors (Lipinski definition) is 1. The molecule has 1 amide bonds. The summed E-state index contributed by atoms with van der Waals surface area (Å²) in [7, 11) is 1.74. The molecular formula is C11H19NO3.